The van der Waals surface area contributed by atoms with Crippen LogP contribution >= 0.6 is 11.6 Å². The summed E-state index contributed by atoms with van der Waals surface area (Å²) < 4.78 is 30.4. The van der Waals surface area contributed by atoms with Crippen LogP contribution in [0.25, 0.3) is 11.1 Å². The van der Waals surface area contributed by atoms with Gasteiger partial charge in [0, 0.05) is 43.1 Å². The quantitative estimate of drug-likeness (QED) is 0.599. The van der Waals surface area contributed by atoms with Crippen LogP contribution in [0.3, 0.4) is 0 Å². The highest BCUT2D eigenvalue weighted by Crippen LogP contribution is 2.45. The molecule has 0 radical (unpaired) electrons. The molecule has 1 aromatic heterocycles. The summed E-state index contributed by atoms with van der Waals surface area (Å²) >= 11 is 6.13. The van der Waals surface area contributed by atoms with Gasteiger partial charge in [0.25, 0.3) is 0 Å². The van der Waals surface area contributed by atoms with Crippen molar-refractivity contribution < 1.29 is 13.6 Å². The topological polar surface area (TPSA) is 98.3 Å². The maximum Gasteiger partial charge on any atom is 0.334 e. The SMILES string of the molecule is CN1C(=O)N(c2c(F)cc(NCCN)cc2F)c2cc(C#N)ccc2-c2cc(Cl)cnc21. The highest BCUT2D eigenvalue weighted by atomic mass is 35.5. The van der Waals surface area contributed by atoms with Gasteiger partial charge < -0.3 is 11.1 Å². The van der Waals surface area contributed by atoms with Crippen LogP contribution < -0.4 is 20.9 Å². The van der Waals surface area contributed by atoms with Gasteiger partial charge >= 0.3 is 6.03 Å². The Bertz CT molecular complexity index is 1250. The largest absolute Gasteiger partial charge is 0.384 e. The van der Waals surface area contributed by atoms with E-state index in [1.807, 2.05) is 6.07 Å². The maximum absolute atomic E-state index is 15.2. The van der Waals surface area contributed by atoms with E-state index in [0.717, 1.165) is 17.0 Å². The number of nitrogens with one attached hydrogen (secondary N) is 1. The molecule has 0 saturated carbocycles. The van der Waals surface area contributed by atoms with E-state index in [-0.39, 0.29) is 29.3 Å². The zero-order valence-corrected chi connectivity index (χ0v) is 17.6. The van der Waals surface area contributed by atoms with Crippen molar-refractivity contribution in [2.45, 2.75) is 0 Å². The molecule has 0 saturated heterocycles. The first-order valence-corrected chi connectivity index (χ1v) is 9.94. The highest BCUT2D eigenvalue weighted by Gasteiger charge is 2.35. The van der Waals surface area contributed by atoms with Gasteiger partial charge in [-0.2, -0.15) is 5.26 Å². The number of carbonyl (C=O) groups is 1. The summed E-state index contributed by atoms with van der Waals surface area (Å²) in [7, 11) is 1.44. The molecule has 4 rings (SSSR count). The first-order chi connectivity index (χ1) is 15.3. The van der Waals surface area contributed by atoms with E-state index < -0.39 is 23.4 Å². The highest BCUT2D eigenvalue weighted by molar-refractivity contribution is 6.31. The number of amides is 2. The summed E-state index contributed by atoms with van der Waals surface area (Å²) in [6, 6.07) is 9.55. The van der Waals surface area contributed by atoms with Crippen molar-refractivity contribution in [2.24, 2.45) is 5.73 Å². The Morgan fingerprint density at radius 2 is 1.91 bits per heavy atom. The summed E-state index contributed by atoms with van der Waals surface area (Å²) in [5, 5.41) is 12.5. The van der Waals surface area contributed by atoms with Crippen molar-refractivity contribution in [2.75, 3.05) is 35.3 Å². The maximum atomic E-state index is 15.2. The van der Waals surface area contributed by atoms with E-state index in [2.05, 4.69) is 10.3 Å². The van der Waals surface area contributed by atoms with Gasteiger partial charge in [-0.25, -0.2) is 18.6 Å². The molecule has 3 N–H and O–H groups in total. The first-order valence-electron chi connectivity index (χ1n) is 9.56. The van der Waals surface area contributed by atoms with E-state index in [1.54, 1.807) is 18.2 Å². The number of hydrogen-bond acceptors (Lipinski definition) is 5. The molecule has 0 fully saturated rings. The standard InChI is InChI=1S/C22H17ClF2N6O/c1-30-21-16(7-13(23)11-29-21)15-3-2-12(10-27)6-19(15)31(22(30)32)20-17(24)8-14(9-18(20)25)28-5-4-26/h2-3,6-9,11,28H,4-5,26H2,1H3. The second-order valence-electron chi connectivity index (χ2n) is 7.05. The van der Waals surface area contributed by atoms with Crippen LogP contribution in [-0.2, 0) is 0 Å². The number of anilines is 4. The monoisotopic (exact) mass is 454 g/mol. The lowest BCUT2D eigenvalue weighted by atomic mass is 10.0. The first kappa shape index (κ1) is 21.5. The third kappa shape index (κ3) is 3.60. The molecule has 0 bridgehead atoms. The van der Waals surface area contributed by atoms with E-state index in [0.29, 0.717) is 22.7 Å². The van der Waals surface area contributed by atoms with E-state index in [1.165, 1.54) is 24.2 Å². The lowest BCUT2D eigenvalue weighted by molar-refractivity contribution is 0.254. The summed E-state index contributed by atoms with van der Waals surface area (Å²) in [6.45, 7) is 0.595. The minimum Gasteiger partial charge on any atom is -0.384 e. The molecule has 10 heteroatoms. The van der Waals surface area contributed by atoms with Crippen LogP contribution in [0.4, 0.5) is 36.5 Å². The summed E-state index contributed by atoms with van der Waals surface area (Å²) in [5.41, 5.74) is 6.31. The van der Waals surface area contributed by atoms with Crippen molar-refractivity contribution in [3.63, 3.8) is 0 Å². The Hall–Kier alpha value is -3.74. The smallest absolute Gasteiger partial charge is 0.334 e. The Morgan fingerprint density at radius 1 is 1.19 bits per heavy atom. The van der Waals surface area contributed by atoms with Gasteiger partial charge in [-0.1, -0.05) is 17.7 Å². The Balaban J connectivity index is 1.99. The fourth-order valence-electron chi connectivity index (χ4n) is 3.57. The van der Waals surface area contributed by atoms with Crippen molar-refractivity contribution in [1.82, 2.24) is 4.98 Å². The normalized spacial score (nSPS) is 12.7. The predicted molar refractivity (Wildman–Crippen MR) is 119 cm³/mol. The summed E-state index contributed by atoms with van der Waals surface area (Å²) in [6.07, 6.45) is 1.38. The molecule has 1 aliphatic rings. The minimum absolute atomic E-state index is 0.129. The lowest BCUT2D eigenvalue weighted by Crippen LogP contribution is -2.39. The number of rotatable bonds is 4. The molecule has 0 atom stereocenters. The molecular weight excluding hydrogens is 438 g/mol. The number of carbonyl (C=O) groups excluding carboxylic acids is 1. The second-order valence-corrected chi connectivity index (χ2v) is 7.49. The Kier molecular flexibility index (Phi) is 5.65. The molecule has 0 aliphatic carbocycles. The van der Waals surface area contributed by atoms with Gasteiger partial charge in [-0.05, 0) is 30.3 Å². The van der Waals surface area contributed by atoms with Crippen LogP contribution in [0, 0.1) is 23.0 Å². The average molecular weight is 455 g/mol. The van der Waals surface area contributed by atoms with E-state index >= 15 is 8.78 Å². The molecule has 3 aromatic rings. The van der Waals surface area contributed by atoms with Gasteiger partial charge in [0.15, 0.2) is 11.6 Å². The second kappa shape index (κ2) is 8.42. The average Bonchev–Trinajstić information content (AvgIpc) is 2.86. The third-order valence-electron chi connectivity index (χ3n) is 5.00. The molecule has 7 nitrogen and oxygen atoms in total. The Morgan fingerprint density at radius 3 is 2.56 bits per heavy atom. The number of urea groups is 1. The van der Waals surface area contributed by atoms with Gasteiger partial charge in [0.2, 0.25) is 0 Å². The van der Waals surface area contributed by atoms with Gasteiger partial charge in [0.1, 0.15) is 11.5 Å². The molecule has 0 unspecified atom stereocenters. The van der Waals surface area contributed by atoms with Crippen LogP contribution in [0.1, 0.15) is 5.56 Å². The molecule has 162 valence electrons. The van der Waals surface area contributed by atoms with Crippen molar-refractivity contribution in [3.8, 4) is 17.2 Å². The molecule has 2 heterocycles. The van der Waals surface area contributed by atoms with Gasteiger partial charge in [0.05, 0.1) is 22.3 Å². The molecule has 2 aromatic carbocycles. The molecule has 0 spiro atoms. The number of nitrogens with zero attached hydrogens (tertiary/aromatic N) is 4. The van der Waals surface area contributed by atoms with Gasteiger partial charge in [-0.3, -0.25) is 9.80 Å². The number of nitriles is 1. The molecule has 2 amide bonds. The minimum atomic E-state index is -0.962. The molecule has 1 aliphatic heterocycles. The lowest BCUT2D eigenvalue weighted by Gasteiger charge is -2.27. The number of aromatic nitrogens is 1. The number of benzene rings is 2. The predicted octanol–water partition coefficient (Wildman–Crippen LogP) is 4.63. The number of fused-ring (bicyclic) bond motifs is 3. The number of pyridine rings is 1. The zero-order chi connectivity index (χ0) is 23.0. The van der Waals surface area contributed by atoms with Crippen LogP contribution in [0.2, 0.25) is 5.02 Å². The van der Waals surface area contributed by atoms with Crippen LogP contribution in [0.5, 0.6) is 0 Å². The van der Waals surface area contributed by atoms with E-state index in [9.17, 15) is 10.1 Å². The van der Waals surface area contributed by atoms with Crippen molar-refractivity contribution >= 4 is 40.5 Å². The summed E-state index contributed by atoms with van der Waals surface area (Å²) in [5.74, 6) is -1.66. The Labute approximate surface area is 187 Å². The van der Waals surface area contributed by atoms with E-state index in [4.69, 9.17) is 17.3 Å². The van der Waals surface area contributed by atoms with Crippen molar-refractivity contribution in [3.05, 3.63) is 64.8 Å². The van der Waals surface area contributed by atoms with Crippen molar-refractivity contribution in [1.29, 1.82) is 5.26 Å². The number of nitrogens with two attached hydrogens (primary N) is 1. The number of halogens is 3. The molecule has 32 heavy (non-hydrogen) atoms. The summed E-state index contributed by atoms with van der Waals surface area (Å²) in [4.78, 5) is 19.8. The third-order valence-corrected chi connectivity index (χ3v) is 5.21. The molecular formula is C22H17ClF2N6O. The van der Waals surface area contributed by atoms with Crippen LogP contribution in [0.15, 0.2) is 42.6 Å². The zero-order valence-electron chi connectivity index (χ0n) is 16.9. The van der Waals surface area contributed by atoms with Crippen LogP contribution in [-0.4, -0.2) is 31.2 Å². The fourth-order valence-corrected chi connectivity index (χ4v) is 3.73. The van der Waals surface area contributed by atoms with Gasteiger partial charge in [-0.15, -0.1) is 0 Å². The number of hydrogen-bond donors (Lipinski definition) is 2. The fraction of sp³-hybridized carbons (Fsp3) is 0.136.